The van der Waals surface area contributed by atoms with Crippen LogP contribution in [0.3, 0.4) is 0 Å². The fourth-order valence-electron chi connectivity index (χ4n) is 2.77. The Labute approximate surface area is 130 Å². The highest BCUT2D eigenvalue weighted by molar-refractivity contribution is 5.92. The molecule has 1 saturated heterocycles. The van der Waals surface area contributed by atoms with Crippen molar-refractivity contribution in [2.45, 2.75) is 19.3 Å². The minimum atomic E-state index is -0.196. The summed E-state index contributed by atoms with van der Waals surface area (Å²) < 4.78 is 5.15. The van der Waals surface area contributed by atoms with Crippen LogP contribution in [0.5, 0.6) is 0 Å². The first-order valence-corrected chi connectivity index (χ1v) is 7.84. The fourth-order valence-corrected chi connectivity index (χ4v) is 2.77. The summed E-state index contributed by atoms with van der Waals surface area (Å²) in [6.07, 6.45) is 3.46. The van der Waals surface area contributed by atoms with Gasteiger partial charge in [0.25, 0.3) is 5.91 Å². The molecule has 2 aromatic rings. The monoisotopic (exact) mass is 299 g/mol. The van der Waals surface area contributed by atoms with Crippen LogP contribution in [0, 0.1) is 5.92 Å². The van der Waals surface area contributed by atoms with Crippen LogP contribution in [0.25, 0.3) is 11.3 Å². The molecule has 0 bridgehead atoms. The van der Waals surface area contributed by atoms with Crippen molar-refractivity contribution in [3.05, 3.63) is 42.2 Å². The van der Waals surface area contributed by atoms with E-state index in [2.05, 4.69) is 15.8 Å². The summed E-state index contributed by atoms with van der Waals surface area (Å²) in [6, 6.07) is 11.4. The van der Waals surface area contributed by atoms with E-state index >= 15 is 0 Å². The molecule has 1 aliphatic rings. The third-order valence-electron chi connectivity index (χ3n) is 4.04. The Kier molecular flexibility index (Phi) is 4.85. The van der Waals surface area contributed by atoms with Gasteiger partial charge in [0.05, 0.1) is 0 Å². The molecule has 0 radical (unpaired) electrons. The molecular weight excluding hydrogens is 278 g/mol. The zero-order chi connectivity index (χ0) is 15.2. The van der Waals surface area contributed by atoms with Crippen LogP contribution in [0.1, 0.15) is 29.8 Å². The van der Waals surface area contributed by atoms with E-state index in [0.717, 1.165) is 25.1 Å². The van der Waals surface area contributed by atoms with E-state index in [1.807, 2.05) is 30.3 Å². The first kappa shape index (κ1) is 14.8. The molecule has 1 aliphatic heterocycles. The van der Waals surface area contributed by atoms with Crippen LogP contribution in [0.15, 0.2) is 40.9 Å². The standard InChI is InChI=1S/C17H21N3O2/c21-17(19-10-8-13-5-4-9-18-12-13)16-11-15(20-22-16)14-6-2-1-3-7-14/h1-3,6-7,11,13,18H,4-5,8-10,12H2,(H,19,21). The lowest BCUT2D eigenvalue weighted by Crippen LogP contribution is -2.33. The van der Waals surface area contributed by atoms with Crippen LogP contribution in [-0.4, -0.2) is 30.7 Å². The van der Waals surface area contributed by atoms with Crippen molar-refractivity contribution in [3.8, 4) is 11.3 Å². The smallest absolute Gasteiger partial charge is 0.289 e. The summed E-state index contributed by atoms with van der Waals surface area (Å²) in [7, 11) is 0. The van der Waals surface area contributed by atoms with Crippen LogP contribution in [-0.2, 0) is 0 Å². The predicted octanol–water partition coefficient (Wildman–Crippen LogP) is 2.46. The highest BCUT2D eigenvalue weighted by atomic mass is 16.5. The molecule has 0 saturated carbocycles. The minimum Gasteiger partial charge on any atom is -0.350 e. The molecule has 2 N–H and O–H groups in total. The number of rotatable bonds is 5. The van der Waals surface area contributed by atoms with Gasteiger partial charge in [-0.3, -0.25) is 4.79 Å². The summed E-state index contributed by atoms with van der Waals surface area (Å²) in [4.78, 5) is 12.1. The lowest BCUT2D eigenvalue weighted by Gasteiger charge is -2.22. The molecule has 2 heterocycles. The Morgan fingerprint density at radius 2 is 2.23 bits per heavy atom. The summed E-state index contributed by atoms with van der Waals surface area (Å²) in [6.45, 7) is 2.84. The number of carbonyl (C=O) groups excluding carboxylic acids is 1. The van der Waals surface area contributed by atoms with Crippen molar-refractivity contribution in [2.75, 3.05) is 19.6 Å². The number of hydrogen-bond donors (Lipinski definition) is 2. The van der Waals surface area contributed by atoms with Crippen LogP contribution in [0.2, 0.25) is 0 Å². The Bertz CT molecular complexity index is 603. The quantitative estimate of drug-likeness (QED) is 0.890. The van der Waals surface area contributed by atoms with E-state index in [9.17, 15) is 4.79 Å². The van der Waals surface area contributed by atoms with Crippen molar-refractivity contribution in [1.82, 2.24) is 15.8 Å². The fraction of sp³-hybridized carbons (Fsp3) is 0.412. The minimum absolute atomic E-state index is 0.196. The van der Waals surface area contributed by atoms with E-state index in [0.29, 0.717) is 18.2 Å². The van der Waals surface area contributed by atoms with Crippen molar-refractivity contribution in [3.63, 3.8) is 0 Å². The molecule has 0 aliphatic carbocycles. The molecule has 5 heteroatoms. The highest BCUT2D eigenvalue weighted by Gasteiger charge is 2.16. The third-order valence-corrected chi connectivity index (χ3v) is 4.04. The lowest BCUT2D eigenvalue weighted by molar-refractivity contribution is 0.0914. The number of amides is 1. The zero-order valence-electron chi connectivity index (χ0n) is 12.5. The molecule has 22 heavy (non-hydrogen) atoms. The molecular formula is C17H21N3O2. The number of nitrogens with zero attached hydrogens (tertiary/aromatic N) is 1. The second-order valence-electron chi connectivity index (χ2n) is 5.70. The van der Waals surface area contributed by atoms with E-state index in [1.54, 1.807) is 6.07 Å². The van der Waals surface area contributed by atoms with E-state index in [1.165, 1.54) is 12.8 Å². The Balaban J connectivity index is 1.51. The van der Waals surface area contributed by atoms with Crippen molar-refractivity contribution in [1.29, 1.82) is 0 Å². The average molecular weight is 299 g/mol. The van der Waals surface area contributed by atoms with Gasteiger partial charge in [-0.05, 0) is 38.3 Å². The van der Waals surface area contributed by atoms with E-state index < -0.39 is 0 Å². The lowest BCUT2D eigenvalue weighted by atomic mass is 9.96. The van der Waals surface area contributed by atoms with Gasteiger partial charge in [0.1, 0.15) is 5.69 Å². The highest BCUT2D eigenvalue weighted by Crippen LogP contribution is 2.18. The molecule has 5 nitrogen and oxygen atoms in total. The van der Waals surface area contributed by atoms with Crippen molar-refractivity contribution < 1.29 is 9.32 Å². The van der Waals surface area contributed by atoms with E-state index in [-0.39, 0.29) is 11.7 Å². The molecule has 3 rings (SSSR count). The topological polar surface area (TPSA) is 67.2 Å². The van der Waals surface area contributed by atoms with Gasteiger partial charge in [-0.25, -0.2) is 0 Å². The largest absolute Gasteiger partial charge is 0.350 e. The molecule has 116 valence electrons. The summed E-state index contributed by atoms with van der Waals surface area (Å²) in [5.74, 6) is 0.725. The maximum atomic E-state index is 12.1. The van der Waals surface area contributed by atoms with Gasteiger partial charge in [-0.1, -0.05) is 35.5 Å². The second-order valence-corrected chi connectivity index (χ2v) is 5.70. The summed E-state index contributed by atoms with van der Waals surface area (Å²) in [5.41, 5.74) is 1.63. The molecule has 1 atom stereocenters. The van der Waals surface area contributed by atoms with Gasteiger partial charge in [0.15, 0.2) is 0 Å². The van der Waals surface area contributed by atoms with Crippen LogP contribution in [0.4, 0.5) is 0 Å². The number of nitrogens with one attached hydrogen (secondary N) is 2. The zero-order valence-corrected chi connectivity index (χ0v) is 12.5. The van der Waals surface area contributed by atoms with Crippen LogP contribution >= 0.6 is 0 Å². The summed E-state index contributed by atoms with van der Waals surface area (Å²) in [5, 5.41) is 10.3. The van der Waals surface area contributed by atoms with Crippen LogP contribution < -0.4 is 10.6 Å². The molecule has 1 fully saturated rings. The Morgan fingerprint density at radius 3 is 3.00 bits per heavy atom. The Morgan fingerprint density at radius 1 is 1.36 bits per heavy atom. The van der Waals surface area contributed by atoms with Crippen molar-refractivity contribution >= 4 is 5.91 Å². The van der Waals surface area contributed by atoms with Gasteiger partial charge < -0.3 is 15.2 Å². The molecule has 1 aromatic carbocycles. The first-order chi connectivity index (χ1) is 10.8. The van der Waals surface area contributed by atoms with Gasteiger partial charge >= 0.3 is 0 Å². The molecule has 0 spiro atoms. The SMILES string of the molecule is O=C(NCCC1CCCNC1)c1cc(-c2ccccc2)no1. The number of hydrogen-bond acceptors (Lipinski definition) is 4. The molecule has 1 aromatic heterocycles. The molecule has 1 amide bonds. The predicted molar refractivity (Wildman–Crippen MR) is 84.5 cm³/mol. The number of piperidine rings is 1. The third kappa shape index (κ3) is 3.74. The van der Waals surface area contributed by atoms with Crippen molar-refractivity contribution in [2.24, 2.45) is 5.92 Å². The van der Waals surface area contributed by atoms with Gasteiger partial charge in [0.2, 0.25) is 5.76 Å². The Hall–Kier alpha value is -2.14. The molecule has 1 unspecified atom stereocenters. The number of aromatic nitrogens is 1. The van der Waals surface area contributed by atoms with Gasteiger partial charge in [0, 0.05) is 18.2 Å². The van der Waals surface area contributed by atoms with E-state index in [4.69, 9.17) is 4.52 Å². The van der Waals surface area contributed by atoms with Gasteiger partial charge in [-0.15, -0.1) is 0 Å². The van der Waals surface area contributed by atoms with Gasteiger partial charge in [-0.2, -0.15) is 0 Å². The maximum absolute atomic E-state index is 12.1. The average Bonchev–Trinajstić information content (AvgIpc) is 3.07. The first-order valence-electron chi connectivity index (χ1n) is 7.84. The normalized spacial score (nSPS) is 18.1. The second kappa shape index (κ2) is 7.22. The summed E-state index contributed by atoms with van der Waals surface area (Å²) >= 11 is 0. The maximum Gasteiger partial charge on any atom is 0.289 e. The number of benzene rings is 1. The number of carbonyl (C=O) groups is 1.